The van der Waals surface area contributed by atoms with E-state index >= 15 is 0 Å². The fourth-order valence-corrected chi connectivity index (χ4v) is 1.19. The number of carbonyl (C=O) groups excluding carboxylic acids is 1. The van der Waals surface area contributed by atoms with E-state index in [1.807, 2.05) is 0 Å². The van der Waals surface area contributed by atoms with Crippen LogP contribution in [0.2, 0.25) is 5.15 Å². The minimum absolute atomic E-state index is 0.0131. The summed E-state index contributed by atoms with van der Waals surface area (Å²) in [5, 5.41) is 2.37. The lowest BCUT2D eigenvalue weighted by Gasteiger charge is -2.19. The van der Waals surface area contributed by atoms with Gasteiger partial charge in [-0.2, -0.15) is 0 Å². The van der Waals surface area contributed by atoms with Crippen LogP contribution in [0.4, 0.5) is 10.7 Å². The third kappa shape index (κ3) is 4.07. The Labute approximate surface area is 104 Å². The SMILES string of the molecule is Cn1c(NC(=O)OC(C)(C)C)nc(Cl)cc1=O. The molecule has 0 saturated heterocycles. The second kappa shape index (κ2) is 4.75. The summed E-state index contributed by atoms with van der Waals surface area (Å²) in [6.45, 7) is 5.20. The summed E-state index contributed by atoms with van der Waals surface area (Å²) >= 11 is 5.62. The Kier molecular flexibility index (Phi) is 3.77. The van der Waals surface area contributed by atoms with Crippen molar-refractivity contribution in [2.24, 2.45) is 7.05 Å². The van der Waals surface area contributed by atoms with Crippen LogP contribution in [0.25, 0.3) is 0 Å². The largest absolute Gasteiger partial charge is 0.444 e. The summed E-state index contributed by atoms with van der Waals surface area (Å²) in [6, 6.07) is 1.15. The molecule has 1 aromatic rings. The van der Waals surface area contributed by atoms with Crippen molar-refractivity contribution in [3.05, 3.63) is 21.6 Å². The number of nitrogens with zero attached hydrogens (tertiary/aromatic N) is 2. The Hall–Kier alpha value is -1.56. The number of anilines is 1. The van der Waals surface area contributed by atoms with Gasteiger partial charge < -0.3 is 4.74 Å². The van der Waals surface area contributed by atoms with Crippen LogP contribution in [0.3, 0.4) is 0 Å². The Morgan fingerprint density at radius 1 is 1.53 bits per heavy atom. The van der Waals surface area contributed by atoms with Crippen LogP contribution in [-0.2, 0) is 11.8 Å². The van der Waals surface area contributed by atoms with Crippen molar-refractivity contribution in [3.63, 3.8) is 0 Å². The Balaban J connectivity index is 2.89. The molecular formula is C10H14ClN3O3. The van der Waals surface area contributed by atoms with Crippen molar-refractivity contribution in [3.8, 4) is 0 Å². The van der Waals surface area contributed by atoms with Crippen molar-refractivity contribution in [2.45, 2.75) is 26.4 Å². The van der Waals surface area contributed by atoms with E-state index in [0.717, 1.165) is 10.6 Å². The van der Waals surface area contributed by atoms with Crippen LogP contribution in [0.5, 0.6) is 0 Å². The maximum absolute atomic E-state index is 11.5. The molecule has 0 aliphatic heterocycles. The minimum Gasteiger partial charge on any atom is -0.444 e. The van der Waals surface area contributed by atoms with Gasteiger partial charge in [-0.05, 0) is 20.8 Å². The normalized spacial score (nSPS) is 11.1. The first-order chi connectivity index (χ1) is 7.69. The summed E-state index contributed by atoms with van der Waals surface area (Å²) in [4.78, 5) is 26.7. The molecule has 94 valence electrons. The van der Waals surface area contributed by atoms with Crippen LogP contribution in [0, 0.1) is 0 Å². The fraction of sp³-hybridized carbons (Fsp3) is 0.500. The molecular weight excluding hydrogens is 246 g/mol. The number of nitrogens with one attached hydrogen (secondary N) is 1. The van der Waals surface area contributed by atoms with Gasteiger partial charge in [0, 0.05) is 13.1 Å². The lowest BCUT2D eigenvalue weighted by atomic mass is 10.2. The topological polar surface area (TPSA) is 73.2 Å². The van der Waals surface area contributed by atoms with Crippen LogP contribution in [-0.4, -0.2) is 21.2 Å². The number of hydrogen-bond donors (Lipinski definition) is 1. The predicted octanol–water partition coefficient (Wildman–Crippen LogP) is 1.78. The third-order valence-electron chi connectivity index (χ3n) is 1.72. The van der Waals surface area contributed by atoms with Crippen LogP contribution >= 0.6 is 11.6 Å². The molecule has 0 radical (unpaired) electrons. The van der Waals surface area contributed by atoms with Gasteiger partial charge in [0.25, 0.3) is 5.56 Å². The van der Waals surface area contributed by atoms with Crippen molar-refractivity contribution in [2.75, 3.05) is 5.32 Å². The smallest absolute Gasteiger partial charge is 0.414 e. The highest BCUT2D eigenvalue weighted by molar-refractivity contribution is 6.29. The lowest BCUT2D eigenvalue weighted by molar-refractivity contribution is 0.0634. The number of aromatic nitrogens is 2. The molecule has 17 heavy (non-hydrogen) atoms. The number of carbonyl (C=O) groups is 1. The molecule has 1 amide bonds. The highest BCUT2D eigenvalue weighted by atomic mass is 35.5. The maximum atomic E-state index is 11.5. The number of rotatable bonds is 1. The van der Waals surface area contributed by atoms with Gasteiger partial charge in [-0.25, -0.2) is 9.78 Å². The quantitative estimate of drug-likeness (QED) is 0.780. The zero-order valence-corrected chi connectivity index (χ0v) is 10.8. The molecule has 0 bridgehead atoms. The first kappa shape index (κ1) is 13.5. The monoisotopic (exact) mass is 259 g/mol. The first-order valence-corrected chi connectivity index (χ1v) is 5.30. The maximum Gasteiger partial charge on any atom is 0.414 e. The van der Waals surface area contributed by atoms with Crippen molar-refractivity contribution in [1.29, 1.82) is 0 Å². The minimum atomic E-state index is -0.692. The molecule has 0 fully saturated rings. The summed E-state index contributed by atoms with van der Waals surface area (Å²) in [6.07, 6.45) is -0.692. The Morgan fingerprint density at radius 2 is 2.12 bits per heavy atom. The Bertz CT molecular complexity index is 491. The molecule has 1 rings (SSSR count). The number of hydrogen-bond acceptors (Lipinski definition) is 4. The van der Waals surface area contributed by atoms with Gasteiger partial charge in [-0.15, -0.1) is 0 Å². The molecule has 0 saturated carbocycles. The molecule has 1 heterocycles. The first-order valence-electron chi connectivity index (χ1n) is 4.92. The van der Waals surface area contributed by atoms with Crippen LogP contribution in [0.15, 0.2) is 10.9 Å². The van der Waals surface area contributed by atoms with Crippen molar-refractivity contribution >= 4 is 23.6 Å². The second-order valence-corrected chi connectivity index (χ2v) is 4.81. The van der Waals surface area contributed by atoms with E-state index < -0.39 is 11.7 Å². The molecule has 0 aliphatic rings. The van der Waals surface area contributed by atoms with Gasteiger partial charge in [0.15, 0.2) is 0 Å². The van der Waals surface area contributed by atoms with Gasteiger partial charge in [0.1, 0.15) is 10.8 Å². The highest BCUT2D eigenvalue weighted by Gasteiger charge is 2.17. The molecule has 0 aliphatic carbocycles. The van der Waals surface area contributed by atoms with E-state index in [4.69, 9.17) is 16.3 Å². The van der Waals surface area contributed by atoms with Gasteiger partial charge in [-0.3, -0.25) is 14.7 Å². The van der Waals surface area contributed by atoms with Crippen LogP contribution < -0.4 is 10.9 Å². The average molecular weight is 260 g/mol. The molecule has 7 heteroatoms. The summed E-state index contributed by atoms with van der Waals surface area (Å²) in [5.41, 5.74) is -0.988. The van der Waals surface area contributed by atoms with E-state index in [1.165, 1.54) is 7.05 Å². The van der Waals surface area contributed by atoms with Gasteiger partial charge >= 0.3 is 6.09 Å². The van der Waals surface area contributed by atoms with E-state index in [0.29, 0.717) is 0 Å². The van der Waals surface area contributed by atoms with Gasteiger partial charge in [0.2, 0.25) is 5.95 Å². The molecule has 1 N–H and O–H groups in total. The summed E-state index contributed by atoms with van der Waals surface area (Å²) in [5.74, 6) is 0.0387. The molecule has 0 unspecified atom stereocenters. The third-order valence-corrected chi connectivity index (χ3v) is 1.91. The molecule has 1 aromatic heterocycles. The average Bonchev–Trinajstić information content (AvgIpc) is 2.10. The zero-order chi connectivity index (χ0) is 13.2. The lowest BCUT2D eigenvalue weighted by Crippen LogP contribution is -2.30. The number of halogens is 1. The standard InChI is InChI=1S/C10H14ClN3O3/c1-10(2,3)17-9(16)13-8-12-6(11)5-7(15)14(8)4/h5H,1-4H3,(H,12,13,16). The molecule has 6 nitrogen and oxygen atoms in total. The Morgan fingerprint density at radius 3 is 2.65 bits per heavy atom. The highest BCUT2D eigenvalue weighted by Crippen LogP contribution is 2.10. The molecule has 0 atom stereocenters. The van der Waals surface area contributed by atoms with Crippen LogP contribution in [0.1, 0.15) is 20.8 Å². The van der Waals surface area contributed by atoms with Gasteiger partial charge in [-0.1, -0.05) is 11.6 Å². The number of ether oxygens (including phenoxy) is 1. The van der Waals surface area contributed by atoms with E-state index in [1.54, 1.807) is 20.8 Å². The second-order valence-electron chi connectivity index (χ2n) is 4.43. The fourth-order valence-electron chi connectivity index (χ4n) is 1.02. The van der Waals surface area contributed by atoms with Crippen molar-refractivity contribution in [1.82, 2.24) is 9.55 Å². The summed E-state index contributed by atoms with van der Waals surface area (Å²) in [7, 11) is 1.47. The zero-order valence-electron chi connectivity index (χ0n) is 10.1. The van der Waals surface area contributed by atoms with Gasteiger partial charge in [0.05, 0.1) is 0 Å². The van der Waals surface area contributed by atoms with Crippen molar-refractivity contribution < 1.29 is 9.53 Å². The van der Waals surface area contributed by atoms with E-state index in [9.17, 15) is 9.59 Å². The predicted molar refractivity (Wildman–Crippen MR) is 64.3 cm³/mol. The molecule has 0 aromatic carbocycles. The summed E-state index contributed by atoms with van der Waals surface area (Å²) < 4.78 is 6.19. The number of amides is 1. The van der Waals surface area contributed by atoms with E-state index in [-0.39, 0.29) is 16.7 Å². The molecule has 0 spiro atoms. The van der Waals surface area contributed by atoms with E-state index in [2.05, 4.69) is 10.3 Å².